The van der Waals surface area contributed by atoms with Gasteiger partial charge < -0.3 is 4.74 Å². The van der Waals surface area contributed by atoms with Gasteiger partial charge in [0.25, 0.3) is 0 Å². The maximum absolute atomic E-state index is 6.92. The van der Waals surface area contributed by atoms with Crippen molar-refractivity contribution in [2.24, 2.45) is 11.8 Å². The van der Waals surface area contributed by atoms with Crippen LogP contribution in [-0.4, -0.2) is 24.1 Å². The second kappa shape index (κ2) is 8.52. The van der Waals surface area contributed by atoms with Gasteiger partial charge in [-0.2, -0.15) is 0 Å². The topological polar surface area (TPSA) is 12.5 Å². The molecule has 1 heterocycles. The van der Waals surface area contributed by atoms with E-state index in [1.807, 2.05) is 0 Å². The molecule has 3 aromatic carbocycles. The van der Waals surface area contributed by atoms with Crippen molar-refractivity contribution in [3.8, 4) is 0 Å². The zero-order valence-electron chi connectivity index (χ0n) is 16.9. The van der Waals surface area contributed by atoms with Gasteiger partial charge in [-0.15, -0.1) is 0 Å². The Bertz CT molecular complexity index is 842. The van der Waals surface area contributed by atoms with E-state index in [4.69, 9.17) is 4.74 Å². The zero-order valence-corrected chi connectivity index (χ0v) is 16.9. The van der Waals surface area contributed by atoms with Gasteiger partial charge in [-0.3, -0.25) is 4.90 Å². The summed E-state index contributed by atoms with van der Waals surface area (Å²) in [5.74, 6) is 1.26. The molecule has 3 aromatic rings. The van der Waals surface area contributed by atoms with Gasteiger partial charge in [0.05, 0.1) is 6.10 Å². The second-order valence-corrected chi connectivity index (χ2v) is 8.58. The van der Waals surface area contributed by atoms with Crippen LogP contribution in [0.15, 0.2) is 91.0 Å². The van der Waals surface area contributed by atoms with Crippen molar-refractivity contribution in [3.63, 3.8) is 0 Å². The number of hydrogen-bond acceptors (Lipinski definition) is 2. The highest BCUT2D eigenvalue weighted by molar-refractivity contribution is 5.30. The summed E-state index contributed by atoms with van der Waals surface area (Å²) in [7, 11) is 0. The van der Waals surface area contributed by atoms with Gasteiger partial charge in [-0.1, -0.05) is 91.0 Å². The highest BCUT2D eigenvalue weighted by Crippen LogP contribution is 2.42. The lowest BCUT2D eigenvalue weighted by atomic mass is 9.93. The lowest BCUT2D eigenvalue weighted by Crippen LogP contribution is -2.45. The third-order valence-electron chi connectivity index (χ3n) is 6.57. The summed E-state index contributed by atoms with van der Waals surface area (Å²) in [5.41, 5.74) is 3.92. The Labute approximate surface area is 174 Å². The van der Waals surface area contributed by atoms with Crippen molar-refractivity contribution in [2.75, 3.05) is 13.1 Å². The predicted molar refractivity (Wildman–Crippen MR) is 118 cm³/mol. The van der Waals surface area contributed by atoms with Gasteiger partial charge in [0.2, 0.25) is 0 Å². The summed E-state index contributed by atoms with van der Waals surface area (Å²) in [6.07, 6.45) is 2.95. The molecule has 0 N–H and O–H groups in total. The van der Waals surface area contributed by atoms with Gasteiger partial charge in [-0.05, 0) is 41.4 Å². The number of nitrogens with zero attached hydrogens (tertiary/aromatic N) is 1. The molecule has 0 aromatic heterocycles. The first-order valence-corrected chi connectivity index (χ1v) is 10.9. The van der Waals surface area contributed by atoms with Gasteiger partial charge in [-0.25, -0.2) is 0 Å². The largest absolute Gasteiger partial charge is 0.365 e. The highest BCUT2D eigenvalue weighted by atomic mass is 16.5. The fourth-order valence-corrected chi connectivity index (χ4v) is 5.23. The maximum Gasteiger partial charge on any atom is 0.108 e. The smallest absolute Gasteiger partial charge is 0.108 e. The van der Waals surface area contributed by atoms with Gasteiger partial charge in [0.15, 0.2) is 0 Å². The molecule has 148 valence electrons. The van der Waals surface area contributed by atoms with Crippen LogP contribution in [0.2, 0.25) is 0 Å². The van der Waals surface area contributed by atoms with Crippen molar-refractivity contribution in [1.82, 2.24) is 4.90 Å². The monoisotopic (exact) mass is 383 g/mol. The summed E-state index contributed by atoms with van der Waals surface area (Å²) in [4.78, 5) is 2.64. The van der Waals surface area contributed by atoms with Crippen LogP contribution >= 0.6 is 0 Å². The number of rotatable bonds is 6. The third-order valence-corrected chi connectivity index (χ3v) is 6.57. The van der Waals surface area contributed by atoms with Gasteiger partial charge in [0, 0.05) is 19.6 Å². The third kappa shape index (κ3) is 4.14. The zero-order chi connectivity index (χ0) is 19.5. The van der Waals surface area contributed by atoms with Crippen molar-refractivity contribution in [3.05, 3.63) is 108 Å². The number of piperidine rings is 1. The quantitative estimate of drug-likeness (QED) is 0.541. The van der Waals surface area contributed by atoms with E-state index in [0.29, 0.717) is 17.9 Å². The summed E-state index contributed by atoms with van der Waals surface area (Å²) < 4.78 is 6.92. The van der Waals surface area contributed by atoms with Crippen LogP contribution in [-0.2, 0) is 11.3 Å². The molecule has 2 bridgehead atoms. The van der Waals surface area contributed by atoms with Crippen LogP contribution in [0.1, 0.15) is 35.6 Å². The Morgan fingerprint density at radius 2 is 1.17 bits per heavy atom. The molecule has 1 saturated heterocycles. The number of likely N-dealkylation sites (tertiary alicyclic amines) is 1. The molecule has 1 unspecified atom stereocenters. The van der Waals surface area contributed by atoms with Crippen LogP contribution in [0.3, 0.4) is 0 Å². The molecular formula is C27H29NO. The summed E-state index contributed by atoms with van der Waals surface area (Å²) in [6.45, 7) is 3.35. The van der Waals surface area contributed by atoms with E-state index in [-0.39, 0.29) is 6.10 Å². The first-order chi connectivity index (χ1) is 14.4. The van der Waals surface area contributed by atoms with Gasteiger partial charge >= 0.3 is 0 Å². The van der Waals surface area contributed by atoms with E-state index in [2.05, 4.69) is 95.9 Å². The van der Waals surface area contributed by atoms with E-state index < -0.39 is 0 Å². The lowest BCUT2D eigenvalue weighted by molar-refractivity contribution is -0.0718. The van der Waals surface area contributed by atoms with Crippen LogP contribution < -0.4 is 0 Å². The molecule has 0 amide bonds. The predicted octanol–water partition coefficient (Wildman–Crippen LogP) is 5.70. The van der Waals surface area contributed by atoms with Crippen LogP contribution in [0.25, 0.3) is 0 Å². The van der Waals surface area contributed by atoms with E-state index in [9.17, 15) is 0 Å². The minimum Gasteiger partial charge on any atom is -0.365 e. The molecule has 0 spiro atoms. The molecule has 2 heteroatoms. The average Bonchev–Trinajstić information content (AvgIpc) is 3.01. The van der Waals surface area contributed by atoms with Crippen molar-refractivity contribution >= 4 is 0 Å². The van der Waals surface area contributed by atoms with Crippen LogP contribution in [0.4, 0.5) is 0 Å². The van der Waals surface area contributed by atoms with Gasteiger partial charge in [0.1, 0.15) is 6.10 Å². The molecule has 5 rings (SSSR count). The molecule has 3 atom stereocenters. The molecular weight excluding hydrogens is 354 g/mol. The van der Waals surface area contributed by atoms with E-state index >= 15 is 0 Å². The van der Waals surface area contributed by atoms with Crippen LogP contribution in [0.5, 0.6) is 0 Å². The molecule has 2 aliphatic rings. The Morgan fingerprint density at radius 1 is 0.690 bits per heavy atom. The number of ether oxygens (including phenoxy) is 1. The first kappa shape index (κ1) is 18.6. The summed E-state index contributed by atoms with van der Waals surface area (Å²) in [5, 5.41) is 0. The molecule has 1 aliphatic carbocycles. The number of hydrogen-bond donors (Lipinski definition) is 0. The minimum absolute atomic E-state index is 0.0196. The number of fused-ring (bicyclic) bond motifs is 2. The van der Waals surface area contributed by atoms with Crippen LogP contribution in [0, 0.1) is 11.8 Å². The summed E-state index contributed by atoms with van der Waals surface area (Å²) >= 11 is 0. The van der Waals surface area contributed by atoms with Crippen molar-refractivity contribution < 1.29 is 4.74 Å². The Hall–Kier alpha value is -2.42. The summed E-state index contributed by atoms with van der Waals surface area (Å²) in [6, 6.07) is 32.3. The average molecular weight is 384 g/mol. The molecule has 1 saturated carbocycles. The van der Waals surface area contributed by atoms with Crippen molar-refractivity contribution in [1.29, 1.82) is 0 Å². The maximum atomic E-state index is 6.92. The fraction of sp³-hybridized carbons (Fsp3) is 0.333. The normalized spacial score (nSPS) is 24.1. The molecule has 1 aliphatic heterocycles. The molecule has 2 fully saturated rings. The molecule has 29 heavy (non-hydrogen) atoms. The Balaban J connectivity index is 1.33. The molecule has 2 nitrogen and oxygen atoms in total. The Morgan fingerprint density at radius 3 is 1.69 bits per heavy atom. The SMILES string of the molecule is c1ccc(CN2C[C@H]3CC[C@@H](C2)C3OC(c2ccccc2)c2ccccc2)cc1. The fourth-order valence-electron chi connectivity index (χ4n) is 5.23. The van der Waals surface area contributed by atoms with E-state index in [1.54, 1.807) is 0 Å². The second-order valence-electron chi connectivity index (χ2n) is 8.58. The first-order valence-electron chi connectivity index (χ1n) is 10.9. The van der Waals surface area contributed by atoms with E-state index in [0.717, 1.165) is 19.6 Å². The molecule has 0 radical (unpaired) electrons. The van der Waals surface area contributed by atoms with E-state index in [1.165, 1.54) is 29.5 Å². The van der Waals surface area contributed by atoms with Crippen molar-refractivity contribution in [2.45, 2.75) is 31.6 Å². The highest BCUT2D eigenvalue weighted by Gasteiger charge is 2.43. The minimum atomic E-state index is 0.0196. The standard InChI is InChI=1S/C27H29NO/c1-4-10-21(11-5-1)18-28-19-24-16-17-25(20-28)27(24)29-26(22-12-6-2-7-13-22)23-14-8-3-9-15-23/h1-15,24-27H,16-20H2/t24-,25+,27?. The number of benzene rings is 3. The lowest BCUT2D eigenvalue weighted by Gasteiger charge is -2.39. The Kier molecular flexibility index (Phi) is 5.47.